The van der Waals surface area contributed by atoms with Crippen LogP contribution >= 0.6 is 22.6 Å². The number of ketones is 2. The van der Waals surface area contributed by atoms with Gasteiger partial charge in [0.15, 0.2) is 11.6 Å². The van der Waals surface area contributed by atoms with Gasteiger partial charge in [-0.05, 0) is 48.6 Å². The zero-order valence-corrected chi connectivity index (χ0v) is 9.58. The number of Topliss-reactive ketones (excluding diaryl/α,β-unsaturated/α-hetero) is 2. The van der Waals surface area contributed by atoms with E-state index in [1.807, 2.05) is 0 Å². The first kappa shape index (κ1) is 10.4. The monoisotopic (exact) mass is 288 g/mol. The minimum Gasteiger partial charge on any atom is -0.295 e. The molecule has 3 heteroatoms. The van der Waals surface area contributed by atoms with Gasteiger partial charge in [0.25, 0.3) is 0 Å². The highest BCUT2D eigenvalue weighted by Gasteiger charge is 2.07. The van der Waals surface area contributed by atoms with Crippen LogP contribution in [-0.4, -0.2) is 11.6 Å². The van der Waals surface area contributed by atoms with E-state index in [0.717, 1.165) is 3.57 Å². The average Bonchev–Trinajstić information content (AvgIpc) is 2.03. The second kappa shape index (κ2) is 4.00. The van der Waals surface area contributed by atoms with Crippen LogP contribution in [-0.2, 0) is 0 Å². The SMILES string of the molecule is CC(=O)c1ccc(C(C)=O)c(I)c1. The summed E-state index contributed by atoms with van der Waals surface area (Å²) in [6.45, 7) is 3.03. The van der Waals surface area contributed by atoms with Crippen molar-refractivity contribution in [1.82, 2.24) is 0 Å². The van der Waals surface area contributed by atoms with Crippen molar-refractivity contribution in [3.63, 3.8) is 0 Å². The summed E-state index contributed by atoms with van der Waals surface area (Å²) in [7, 11) is 0. The van der Waals surface area contributed by atoms with Gasteiger partial charge in [-0.2, -0.15) is 0 Å². The van der Waals surface area contributed by atoms with Gasteiger partial charge in [-0.1, -0.05) is 6.07 Å². The first-order chi connectivity index (χ1) is 6.02. The van der Waals surface area contributed by atoms with E-state index in [2.05, 4.69) is 22.6 Å². The topological polar surface area (TPSA) is 34.1 Å². The average molecular weight is 288 g/mol. The Morgan fingerprint density at radius 1 is 1.15 bits per heavy atom. The Balaban J connectivity index is 3.20. The lowest BCUT2D eigenvalue weighted by Crippen LogP contribution is -1.99. The Labute approximate surface area is 90.5 Å². The number of carbonyl (C=O) groups excluding carboxylic acids is 2. The minimum atomic E-state index is 0.0213. The van der Waals surface area contributed by atoms with Crippen molar-refractivity contribution in [2.45, 2.75) is 13.8 Å². The number of carbonyl (C=O) groups is 2. The van der Waals surface area contributed by atoms with E-state index in [-0.39, 0.29) is 11.6 Å². The van der Waals surface area contributed by atoms with E-state index in [1.54, 1.807) is 18.2 Å². The standard InChI is InChI=1S/C10H9IO2/c1-6(12)8-3-4-9(7(2)13)10(11)5-8/h3-5H,1-2H3. The molecule has 2 nitrogen and oxygen atoms in total. The smallest absolute Gasteiger partial charge is 0.160 e. The van der Waals surface area contributed by atoms with Crippen molar-refractivity contribution < 1.29 is 9.59 Å². The van der Waals surface area contributed by atoms with Gasteiger partial charge < -0.3 is 0 Å². The van der Waals surface area contributed by atoms with Gasteiger partial charge in [-0.25, -0.2) is 0 Å². The quantitative estimate of drug-likeness (QED) is 0.619. The Morgan fingerprint density at radius 2 is 1.77 bits per heavy atom. The second-order valence-electron chi connectivity index (χ2n) is 2.81. The van der Waals surface area contributed by atoms with Crippen molar-refractivity contribution in [1.29, 1.82) is 0 Å². The zero-order chi connectivity index (χ0) is 10.0. The number of benzene rings is 1. The highest BCUT2D eigenvalue weighted by Crippen LogP contribution is 2.15. The number of hydrogen-bond acceptors (Lipinski definition) is 2. The summed E-state index contributed by atoms with van der Waals surface area (Å²) in [6.07, 6.45) is 0. The van der Waals surface area contributed by atoms with Crippen LogP contribution in [0.15, 0.2) is 18.2 Å². The predicted molar refractivity (Wildman–Crippen MR) is 59.2 cm³/mol. The van der Waals surface area contributed by atoms with Crippen molar-refractivity contribution >= 4 is 34.2 Å². The van der Waals surface area contributed by atoms with E-state index in [4.69, 9.17) is 0 Å². The second-order valence-corrected chi connectivity index (χ2v) is 3.97. The van der Waals surface area contributed by atoms with Crippen molar-refractivity contribution in [2.24, 2.45) is 0 Å². The van der Waals surface area contributed by atoms with E-state index >= 15 is 0 Å². The van der Waals surface area contributed by atoms with Crippen molar-refractivity contribution in [3.8, 4) is 0 Å². The molecule has 0 bridgehead atoms. The molecular weight excluding hydrogens is 279 g/mol. The molecule has 0 radical (unpaired) electrons. The first-order valence-corrected chi connectivity index (χ1v) is 4.91. The van der Waals surface area contributed by atoms with Crippen LogP contribution in [0.4, 0.5) is 0 Å². The minimum absolute atomic E-state index is 0.0213. The molecule has 0 saturated heterocycles. The van der Waals surface area contributed by atoms with Gasteiger partial charge in [-0.3, -0.25) is 9.59 Å². The molecule has 0 aliphatic rings. The molecule has 0 spiro atoms. The Bertz CT molecular complexity index is 369. The maximum Gasteiger partial charge on any atom is 0.160 e. The van der Waals surface area contributed by atoms with Gasteiger partial charge in [0.2, 0.25) is 0 Å². The fraction of sp³-hybridized carbons (Fsp3) is 0.200. The lowest BCUT2D eigenvalue weighted by Gasteiger charge is -2.01. The van der Waals surface area contributed by atoms with Crippen LogP contribution in [0.5, 0.6) is 0 Å². The zero-order valence-electron chi connectivity index (χ0n) is 7.43. The molecule has 0 saturated carbocycles. The molecule has 1 aromatic rings. The molecule has 13 heavy (non-hydrogen) atoms. The van der Waals surface area contributed by atoms with Gasteiger partial charge in [0, 0.05) is 14.7 Å². The van der Waals surface area contributed by atoms with Gasteiger partial charge >= 0.3 is 0 Å². The predicted octanol–water partition coefficient (Wildman–Crippen LogP) is 2.70. The molecule has 68 valence electrons. The number of hydrogen-bond donors (Lipinski definition) is 0. The molecule has 1 rings (SSSR count). The fourth-order valence-electron chi connectivity index (χ4n) is 1.02. The summed E-state index contributed by atoms with van der Waals surface area (Å²) in [5.74, 6) is 0.0486. The summed E-state index contributed by atoms with van der Waals surface area (Å²) in [5, 5.41) is 0. The third kappa shape index (κ3) is 2.37. The molecule has 1 aromatic carbocycles. The molecule has 0 amide bonds. The molecule has 0 fully saturated rings. The highest BCUT2D eigenvalue weighted by molar-refractivity contribution is 14.1. The summed E-state index contributed by atoms with van der Waals surface area (Å²) in [5.41, 5.74) is 1.32. The van der Waals surface area contributed by atoms with Crippen molar-refractivity contribution in [2.75, 3.05) is 0 Å². The largest absolute Gasteiger partial charge is 0.295 e. The Kier molecular flexibility index (Phi) is 3.19. The highest BCUT2D eigenvalue weighted by atomic mass is 127. The van der Waals surface area contributed by atoms with E-state index in [9.17, 15) is 9.59 Å². The van der Waals surface area contributed by atoms with Gasteiger partial charge in [-0.15, -0.1) is 0 Å². The number of rotatable bonds is 2. The third-order valence-electron chi connectivity index (χ3n) is 1.75. The molecule has 0 unspecified atom stereocenters. The summed E-state index contributed by atoms with van der Waals surface area (Å²) in [4.78, 5) is 22.0. The normalized spacial score (nSPS) is 9.77. The van der Waals surface area contributed by atoms with E-state index in [1.165, 1.54) is 13.8 Å². The molecule has 0 heterocycles. The molecule has 0 aliphatic heterocycles. The van der Waals surface area contributed by atoms with Gasteiger partial charge in [0.05, 0.1) is 0 Å². The molecule has 0 aliphatic carbocycles. The molecule has 0 N–H and O–H groups in total. The third-order valence-corrected chi connectivity index (χ3v) is 2.65. The van der Waals surface area contributed by atoms with Crippen LogP contribution in [0.2, 0.25) is 0 Å². The first-order valence-electron chi connectivity index (χ1n) is 3.84. The van der Waals surface area contributed by atoms with Crippen molar-refractivity contribution in [3.05, 3.63) is 32.9 Å². The number of halogens is 1. The molecule has 0 atom stereocenters. The fourth-order valence-corrected chi connectivity index (χ4v) is 1.91. The molecular formula is C10H9IO2. The molecule has 0 aromatic heterocycles. The van der Waals surface area contributed by atoms with Crippen LogP contribution in [0.1, 0.15) is 34.6 Å². The lowest BCUT2D eigenvalue weighted by molar-refractivity contribution is 0.100. The lowest BCUT2D eigenvalue weighted by atomic mass is 10.1. The summed E-state index contributed by atoms with van der Waals surface area (Å²) >= 11 is 2.06. The maximum absolute atomic E-state index is 11.1. The van der Waals surface area contributed by atoms with Crippen LogP contribution in [0.25, 0.3) is 0 Å². The van der Waals surface area contributed by atoms with E-state index < -0.39 is 0 Å². The van der Waals surface area contributed by atoms with Crippen LogP contribution < -0.4 is 0 Å². The summed E-state index contributed by atoms with van der Waals surface area (Å²) in [6, 6.07) is 5.11. The Hall–Kier alpha value is -0.710. The van der Waals surface area contributed by atoms with Crippen LogP contribution in [0, 0.1) is 3.57 Å². The van der Waals surface area contributed by atoms with Crippen LogP contribution in [0.3, 0.4) is 0 Å². The maximum atomic E-state index is 11.1. The van der Waals surface area contributed by atoms with E-state index in [0.29, 0.717) is 11.1 Å². The summed E-state index contributed by atoms with van der Waals surface area (Å²) < 4.78 is 0.831. The van der Waals surface area contributed by atoms with Gasteiger partial charge in [0.1, 0.15) is 0 Å². The Morgan fingerprint density at radius 3 is 2.15 bits per heavy atom.